The van der Waals surface area contributed by atoms with Gasteiger partial charge in [-0.05, 0) is 0 Å². The fourth-order valence-corrected chi connectivity index (χ4v) is 12.0. The van der Waals surface area contributed by atoms with Gasteiger partial charge >= 0.3 is 164 Å². The van der Waals surface area contributed by atoms with E-state index in [2.05, 4.69) is 42.8 Å². The van der Waals surface area contributed by atoms with Crippen LogP contribution in [0.25, 0.3) is 0 Å². The minimum atomic E-state index is -1.89. The summed E-state index contributed by atoms with van der Waals surface area (Å²) in [6.45, 7) is 11.5. The van der Waals surface area contributed by atoms with Gasteiger partial charge in [0.1, 0.15) is 0 Å². The molecule has 0 radical (unpaired) electrons. The summed E-state index contributed by atoms with van der Waals surface area (Å²) in [6.07, 6.45) is 12.3. The van der Waals surface area contributed by atoms with E-state index in [0.29, 0.717) is 0 Å². The molecule has 5 heteroatoms. The van der Waals surface area contributed by atoms with E-state index in [1.165, 1.54) is 56.8 Å². The summed E-state index contributed by atoms with van der Waals surface area (Å²) >= 11 is 2.92. The van der Waals surface area contributed by atoms with Gasteiger partial charge < -0.3 is 0 Å². The second kappa shape index (κ2) is 12.4. The predicted molar refractivity (Wildman–Crippen MR) is 116 cm³/mol. The quantitative estimate of drug-likeness (QED) is 0.187. The Hall–Kier alpha value is 1.04. The third-order valence-corrected chi connectivity index (χ3v) is 16.3. The molecule has 0 aromatic rings. The Labute approximate surface area is 163 Å². The van der Waals surface area contributed by atoms with Crippen LogP contribution in [0.1, 0.15) is 52.9 Å². The van der Waals surface area contributed by atoms with Crippen molar-refractivity contribution in [2.45, 2.75) is 52.9 Å². The van der Waals surface area contributed by atoms with Crippen molar-refractivity contribution in [3.63, 3.8) is 0 Å². The minimum absolute atomic E-state index is 0.823. The summed E-state index contributed by atoms with van der Waals surface area (Å²) in [6, 6.07) is 0. The Morgan fingerprint density at radius 2 is 1.17 bits per heavy atom. The molecule has 1 aliphatic carbocycles. The summed E-state index contributed by atoms with van der Waals surface area (Å²) in [7, 11) is 0. The summed E-state index contributed by atoms with van der Waals surface area (Å²) in [5, 5.41) is 0. The Bertz CT molecular complexity index is 292. The Balaban J connectivity index is 2.84. The van der Waals surface area contributed by atoms with Crippen molar-refractivity contribution < 1.29 is 14.2 Å². The van der Waals surface area contributed by atoms with E-state index in [1.807, 2.05) is 0 Å². The van der Waals surface area contributed by atoms with E-state index in [4.69, 9.17) is 14.2 Å². The molecule has 1 aliphatic rings. The maximum absolute atomic E-state index is 5.80. The molecule has 24 heavy (non-hydrogen) atoms. The number of ether oxygens (including phenoxy) is 3. The van der Waals surface area contributed by atoms with E-state index >= 15 is 0 Å². The van der Waals surface area contributed by atoms with Gasteiger partial charge in [0.25, 0.3) is 0 Å². The van der Waals surface area contributed by atoms with Crippen LogP contribution in [0.5, 0.6) is 0 Å². The molecule has 146 valence electrons. The normalized spacial score (nSPS) is 18.4. The van der Waals surface area contributed by atoms with Crippen molar-refractivity contribution >= 4 is 26.3 Å². The van der Waals surface area contributed by atoms with E-state index in [-0.39, 0.29) is 0 Å². The van der Waals surface area contributed by atoms with Gasteiger partial charge in [0.15, 0.2) is 0 Å². The van der Waals surface area contributed by atoms with Gasteiger partial charge in [0.2, 0.25) is 0 Å². The average Bonchev–Trinajstić information content (AvgIpc) is 2.57. The van der Waals surface area contributed by atoms with Crippen LogP contribution in [0.2, 0.25) is 0 Å². The molecule has 0 amide bonds. The molecule has 0 spiro atoms. The summed E-state index contributed by atoms with van der Waals surface area (Å²) in [5.74, 6) is 0.915. The molecule has 3 nitrogen and oxygen atoms in total. The van der Waals surface area contributed by atoms with Crippen molar-refractivity contribution in [1.82, 2.24) is 0 Å². The van der Waals surface area contributed by atoms with Gasteiger partial charge in [0, 0.05) is 0 Å². The van der Waals surface area contributed by atoms with E-state index in [1.54, 1.807) is 0 Å². The first-order valence-electron chi connectivity index (χ1n) is 10.0. The van der Waals surface area contributed by atoms with Gasteiger partial charge in [-0.1, -0.05) is 0 Å². The zero-order valence-electron chi connectivity index (χ0n) is 16.2. The molecule has 1 rings (SSSR count). The average molecular weight is 474 g/mol. The van der Waals surface area contributed by atoms with E-state index in [0.717, 1.165) is 45.6 Å². The first-order chi connectivity index (χ1) is 11.6. The van der Waals surface area contributed by atoms with E-state index in [9.17, 15) is 0 Å². The number of rotatable bonds is 14. The predicted octanol–water partition coefficient (Wildman–Crippen LogP) is 5.58. The molecule has 0 atom stereocenters. The molecule has 1 saturated carbocycles. The van der Waals surface area contributed by atoms with Gasteiger partial charge in [-0.25, -0.2) is 0 Å². The van der Waals surface area contributed by atoms with Crippen molar-refractivity contribution in [3.05, 3.63) is 0 Å². The van der Waals surface area contributed by atoms with Crippen molar-refractivity contribution in [3.8, 4) is 0 Å². The zero-order valence-corrected chi connectivity index (χ0v) is 19.3. The second-order valence-electron chi connectivity index (χ2n) is 7.27. The molecule has 0 aromatic heterocycles. The number of hydrogen-bond acceptors (Lipinski definition) is 3. The van der Waals surface area contributed by atoms with Gasteiger partial charge in [0.05, 0.1) is 0 Å². The first-order valence-corrected chi connectivity index (χ1v) is 15.8. The number of hydrogen-bond donors (Lipinski definition) is 0. The monoisotopic (exact) mass is 474 g/mol. The molecular weight excluding hydrogens is 434 g/mol. The van der Waals surface area contributed by atoms with Crippen LogP contribution in [0.4, 0.5) is 0 Å². The van der Waals surface area contributed by atoms with Crippen molar-refractivity contribution in [2.24, 2.45) is 5.92 Å². The van der Waals surface area contributed by atoms with Crippen LogP contribution in [-0.4, -0.2) is 64.3 Å². The standard InChI is InChI=1S/C19H40IO3P/c1-4-21-12-15-24(20,16-13-22-5-2,17-14-23-6-3)18-19-10-8-7-9-11-19/h19H,4-18H2,1-3H3. The second-order valence-corrected chi connectivity index (χ2v) is 20.8. The van der Waals surface area contributed by atoms with Crippen LogP contribution in [0.15, 0.2) is 0 Å². The van der Waals surface area contributed by atoms with Gasteiger partial charge in [-0.2, -0.15) is 0 Å². The summed E-state index contributed by atoms with van der Waals surface area (Å²) < 4.78 is 15.5. The molecule has 0 aromatic carbocycles. The molecule has 0 unspecified atom stereocenters. The van der Waals surface area contributed by atoms with Crippen LogP contribution in [0, 0.1) is 5.92 Å². The molecule has 0 bridgehead atoms. The van der Waals surface area contributed by atoms with Crippen molar-refractivity contribution in [2.75, 3.05) is 64.3 Å². The summed E-state index contributed by atoms with van der Waals surface area (Å²) in [4.78, 5) is 0. The maximum atomic E-state index is 5.80. The molecular formula is C19H40IO3P. The fourth-order valence-electron chi connectivity index (χ4n) is 3.94. The Morgan fingerprint density at radius 1 is 0.750 bits per heavy atom. The first kappa shape index (κ1) is 23.1. The van der Waals surface area contributed by atoms with Crippen LogP contribution in [-0.2, 0) is 14.2 Å². The molecule has 0 heterocycles. The zero-order chi connectivity index (χ0) is 17.8. The molecule has 0 aliphatic heterocycles. The third kappa shape index (κ3) is 8.62. The van der Waals surface area contributed by atoms with Crippen LogP contribution < -0.4 is 0 Å². The summed E-state index contributed by atoms with van der Waals surface area (Å²) in [5.41, 5.74) is 0. The van der Waals surface area contributed by atoms with E-state index < -0.39 is 4.25 Å². The van der Waals surface area contributed by atoms with Crippen molar-refractivity contribution in [1.29, 1.82) is 0 Å². The molecule has 0 saturated heterocycles. The topological polar surface area (TPSA) is 27.7 Å². The molecule has 1 fully saturated rings. The van der Waals surface area contributed by atoms with Gasteiger partial charge in [-0.15, -0.1) is 0 Å². The fraction of sp³-hybridized carbons (Fsp3) is 1.00. The third-order valence-electron chi connectivity index (χ3n) is 5.44. The Kier molecular flexibility index (Phi) is 12.0. The van der Waals surface area contributed by atoms with Crippen LogP contribution in [0.3, 0.4) is 0 Å². The SMILES string of the molecule is CCOCCP(I)(CCOCC)(CCOCC)CC1CCCCC1. The van der Waals surface area contributed by atoms with Crippen LogP contribution >= 0.6 is 26.3 Å². The van der Waals surface area contributed by atoms with Gasteiger partial charge in [-0.3, -0.25) is 0 Å². The Morgan fingerprint density at radius 3 is 1.54 bits per heavy atom. The molecule has 0 N–H and O–H groups in total. The number of halogens is 1.